The summed E-state index contributed by atoms with van der Waals surface area (Å²) in [5.74, 6) is 1.74. The molecule has 0 bridgehead atoms. The van der Waals surface area contributed by atoms with Gasteiger partial charge in [-0.3, -0.25) is 0 Å². The van der Waals surface area contributed by atoms with Gasteiger partial charge in [0.1, 0.15) is 0 Å². The summed E-state index contributed by atoms with van der Waals surface area (Å²) < 4.78 is 1.40. The average Bonchev–Trinajstić information content (AvgIpc) is 2.66. The van der Waals surface area contributed by atoms with E-state index in [0.29, 0.717) is 6.04 Å². The smallest absolute Gasteiger partial charge is 0.0656 e. The first-order chi connectivity index (χ1) is 7.70. The molecule has 1 N–H and O–H groups in total. The molecule has 1 aromatic rings. The van der Waals surface area contributed by atoms with E-state index < -0.39 is 0 Å². The van der Waals surface area contributed by atoms with E-state index in [9.17, 15) is 0 Å². The van der Waals surface area contributed by atoms with Gasteiger partial charge in [-0.15, -0.1) is 11.3 Å². The molecular weight excluding hydrogens is 329 g/mol. The van der Waals surface area contributed by atoms with E-state index in [4.69, 9.17) is 0 Å². The Labute approximate surface area is 116 Å². The lowest BCUT2D eigenvalue weighted by Gasteiger charge is -2.33. The van der Waals surface area contributed by atoms with Crippen molar-refractivity contribution in [2.75, 3.05) is 7.05 Å². The molecule has 1 fully saturated rings. The summed E-state index contributed by atoms with van der Waals surface area (Å²) in [6, 6.07) is 2.91. The van der Waals surface area contributed by atoms with Crippen molar-refractivity contribution in [1.82, 2.24) is 5.32 Å². The minimum atomic E-state index is 0.572. The van der Waals surface area contributed by atoms with E-state index in [2.05, 4.69) is 53.3 Å². The summed E-state index contributed by atoms with van der Waals surface area (Å²) in [6.07, 6.45) is 5.61. The van der Waals surface area contributed by atoms with Crippen LogP contribution in [-0.4, -0.2) is 7.05 Å². The van der Waals surface area contributed by atoms with Crippen molar-refractivity contribution in [2.45, 2.75) is 38.6 Å². The van der Waals surface area contributed by atoms with Gasteiger partial charge in [0.15, 0.2) is 0 Å². The highest BCUT2D eigenvalue weighted by Crippen LogP contribution is 2.38. The highest BCUT2D eigenvalue weighted by atomic mass is 127. The second-order valence-electron chi connectivity index (χ2n) is 4.98. The Hall–Kier alpha value is 0.390. The van der Waals surface area contributed by atoms with Gasteiger partial charge in [0.2, 0.25) is 0 Å². The van der Waals surface area contributed by atoms with Crippen LogP contribution in [0.4, 0.5) is 0 Å². The molecule has 3 atom stereocenters. The number of nitrogens with one attached hydrogen (secondary N) is 1. The zero-order valence-electron chi connectivity index (χ0n) is 10.0. The highest BCUT2D eigenvalue weighted by molar-refractivity contribution is 14.1. The van der Waals surface area contributed by atoms with Crippen LogP contribution in [0.1, 0.15) is 44.2 Å². The van der Waals surface area contributed by atoms with Gasteiger partial charge in [-0.2, -0.15) is 0 Å². The van der Waals surface area contributed by atoms with Crippen molar-refractivity contribution in [3.8, 4) is 0 Å². The Balaban J connectivity index is 2.09. The average molecular weight is 349 g/mol. The van der Waals surface area contributed by atoms with E-state index in [1.165, 1.54) is 34.1 Å². The molecule has 1 saturated carbocycles. The zero-order chi connectivity index (χ0) is 11.5. The third-order valence-electron chi connectivity index (χ3n) is 3.71. The molecule has 0 spiro atoms. The number of hydrogen-bond acceptors (Lipinski definition) is 2. The van der Waals surface area contributed by atoms with Crippen molar-refractivity contribution < 1.29 is 0 Å². The lowest BCUT2D eigenvalue weighted by Crippen LogP contribution is -2.28. The number of thiophene rings is 1. The van der Waals surface area contributed by atoms with Crippen molar-refractivity contribution in [3.63, 3.8) is 0 Å². The molecule has 3 heteroatoms. The maximum absolute atomic E-state index is 3.53. The van der Waals surface area contributed by atoms with Crippen molar-refractivity contribution in [2.24, 2.45) is 11.8 Å². The van der Waals surface area contributed by atoms with Crippen molar-refractivity contribution >= 4 is 33.9 Å². The number of hydrogen-bond donors (Lipinski definition) is 1. The van der Waals surface area contributed by atoms with Gasteiger partial charge in [-0.05, 0) is 71.3 Å². The third-order valence-corrected chi connectivity index (χ3v) is 5.51. The molecule has 1 aliphatic rings. The summed E-state index contributed by atoms with van der Waals surface area (Å²) in [7, 11) is 2.11. The van der Waals surface area contributed by atoms with Gasteiger partial charge in [0.05, 0.1) is 2.88 Å². The van der Waals surface area contributed by atoms with E-state index in [0.717, 1.165) is 11.8 Å². The summed E-state index contributed by atoms with van der Waals surface area (Å²) in [4.78, 5) is 0. The Morgan fingerprint density at radius 3 is 2.88 bits per heavy atom. The largest absolute Gasteiger partial charge is 0.313 e. The van der Waals surface area contributed by atoms with Crippen LogP contribution in [-0.2, 0) is 0 Å². The van der Waals surface area contributed by atoms with Crippen LogP contribution >= 0.6 is 33.9 Å². The fourth-order valence-corrected chi connectivity index (χ4v) is 4.35. The molecule has 1 heterocycles. The topological polar surface area (TPSA) is 12.0 Å². The van der Waals surface area contributed by atoms with E-state index >= 15 is 0 Å². The number of rotatable bonds is 3. The minimum Gasteiger partial charge on any atom is -0.313 e. The summed E-state index contributed by atoms with van der Waals surface area (Å²) >= 11 is 4.28. The molecule has 0 amide bonds. The van der Waals surface area contributed by atoms with Gasteiger partial charge in [0, 0.05) is 6.04 Å². The maximum atomic E-state index is 3.53. The fourth-order valence-electron chi connectivity index (χ4n) is 2.94. The van der Waals surface area contributed by atoms with Gasteiger partial charge in [-0.25, -0.2) is 0 Å². The maximum Gasteiger partial charge on any atom is 0.0656 e. The second-order valence-corrected chi connectivity index (χ2v) is 7.79. The Morgan fingerprint density at radius 1 is 1.50 bits per heavy atom. The van der Waals surface area contributed by atoms with Gasteiger partial charge >= 0.3 is 0 Å². The van der Waals surface area contributed by atoms with Crippen LogP contribution in [0.25, 0.3) is 0 Å². The first kappa shape index (κ1) is 12.8. The van der Waals surface area contributed by atoms with E-state index in [-0.39, 0.29) is 0 Å². The molecule has 0 radical (unpaired) electrons. The normalized spacial score (nSPS) is 27.9. The molecule has 0 aliphatic heterocycles. The Kier molecular flexibility index (Phi) is 4.67. The zero-order valence-corrected chi connectivity index (χ0v) is 13.0. The fraction of sp³-hybridized carbons (Fsp3) is 0.692. The van der Waals surface area contributed by atoms with Crippen LogP contribution in [0.15, 0.2) is 11.4 Å². The van der Waals surface area contributed by atoms with Gasteiger partial charge in [0.25, 0.3) is 0 Å². The lowest BCUT2D eigenvalue weighted by molar-refractivity contribution is 0.230. The van der Waals surface area contributed by atoms with E-state index in [1.807, 2.05) is 11.3 Å². The predicted octanol–water partition coefficient (Wildman–Crippen LogP) is 4.44. The summed E-state index contributed by atoms with van der Waals surface area (Å²) in [5.41, 5.74) is 1.50. The third kappa shape index (κ3) is 2.99. The van der Waals surface area contributed by atoms with Crippen LogP contribution in [0.3, 0.4) is 0 Å². The molecular formula is C13H20INS. The molecule has 1 aromatic heterocycles. The first-order valence-electron chi connectivity index (χ1n) is 6.12. The Bertz CT molecular complexity index is 336. The van der Waals surface area contributed by atoms with Crippen LogP contribution < -0.4 is 5.32 Å². The Morgan fingerprint density at radius 2 is 2.31 bits per heavy atom. The van der Waals surface area contributed by atoms with Crippen molar-refractivity contribution in [1.29, 1.82) is 0 Å². The van der Waals surface area contributed by atoms with Crippen LogP contribution in [0, 0.1) is 14.7 Å². The predicted molar refractivity (Wildman–Crippen MR) is 80.0 cm³/mol. The lowest BCUT2D eigenvalue weighted by atomic mass is 9.77. The molecule has 0 saturated heterocycles. The molecule has 90 valence electrons. The quantitative estimate of drug-likeness (QED) is 0.796. The van der Waals surface area contributed by atoms with Gasteiger partial charge in [-0.1, -0.05) is 19.8 Å². The van der Waals surface area contributed by atoms with E-state index in [1.54, 1.807) is 0 Å². The molecule has 3 unspecified atom stereocenters. The molecule has 1 aliphatic carbocycles. The first-order valence-corrected chi connectivity index (χ1v) is 8.07. The van der Waals surface area contributed by atoms with Crippen LogP contribution in [0.2, 0.25) is 0 Å². The minimum absolute atomic E-state index is 0.572. The van der Waals surface area contributed by atoms with Crippen molar-refractivity contribution in [3.05, 3.63) is 19.9 Å². The van der Waals surface area contributed by atoms with Crippen LogP contribution in [0.5, 0.6) is 0 Å². The SMILES string of the molecule is CNC(c1csc(I)c1)C1CCCC(C)C1. The molecule has 2 rings (SSSR count). The molecule has 1 nitrogen and oxygen atoms in total. The highest BCUT2D eigenvalue weighted by Gasteiger charge is 2.27. The molecule has 0 aromatic carbocycles. The monoisotopic (exact) mass is 349 g/mol. The number of halogens is 1. The second kappa shape index (κ2) is 5.83. The standard InChI is InChI=1S/C13H20INS/c1-9-4-3-5-10(6-9)13(15-2)11-7-12(14)16-8-11/h7-10,13,15H,3-6H2,1-2H3. The molecule has 16 heavy (non-hydrogen) atoms. The summed E-state index contributed by atoms with van der Waals surface area (Å²) in [6.45, 7) is 2.40. The van der Waals surface area contributed by atoms with Gasteiger partial charge < -0.3 is 5.32 Å². The summed E-state index contributed by atoms with van der Waals surface area (Å²) in [5, 5.41) is 5.85.